The second kappa shape index (κ2) is 7.31. The Morgan fingerprint density at radius 1 is 1.04 bits per heavy atom. The van der Waals surface area contributed by atoms with Gasteiger partial charge in [0.1, 0.15) is 5.52 Å². The molecule has 0 saturated carbocycles. The summed E-state index contributed by atoms with van der Waals surface area (Å²) >= 11 is 0. The minimum absolute atomic E-state index is 0.280. The van der Waals surface area contributed by atoms with Crippen LogP contribution in [0.1, 0.15) is 28.4 Å². The largest absolute Gasteiger partial charge is 0.449 e. The van der Waals surface area contributed by atoms with Gasteiger partial charge in [-0.3, -0.25) is 14.8 Å². The maximum absolute atomic E-state index is 12.5. The first-order chi connectivity index (χ1) is 12.5. The predicted octanol–water partition coefficient (Wildman–Crippen LogP) is 3.43. The number of benzene rings is 2. The highest BCUT2D eigenvalue weighted by atomic mass is 16.5. The molecule has 1 N–H and O–H groups in total. The first-order valence-corrected chi connectivity index (χ1v) is 8.25. The second-order valence-electron chi connectivity index (χ2n) is 6.01. The lowest BCUT2D eigenvalue weighted by Crippen LogP contribution is -2.30. The normalized spacial score (nSPS) is 11.8. The SMILES string of the molecule is Cc1cccc(NC(=O)C(C)OC(=O)c2cccc3nccnc23)c1C. The molecule has 0 bridgehead atoms. The third-order valence-electron chi connectivity index (χ3n) is 4.23. The Hall–Kier alpha value is -3.28. The van der Waals surface area contributed by atoms with Gasteiger partial charge in [-0.25, -0.2) is 4.79 Å². The molecule has 2 aromatic carbocycles. The van der Waals surface area contributed by atoms with Gasteiger partial charge in [0.15, 0.2) is 6.10 Å². The van der Waals surface area contributed by atoms with Crippen molar-refractivity contribution in [2.75, 3.05) is 5.32 Å². The van der Waals surface area contributed by atoms with Crippen LogP contribution >= 0.6 is 0 Å². The number of para-hydroxylation sites is 1. The summed E-state index contributed by atoms with van der Waals surface area (Å²) in [6.07, 6.45) is 2.11. The van der Waals surface area contributed by atoms with Crippen LogP contribution in [0.5, 0.6) is 0 Å². The van der Waals surface area contributed by atoms with Crippen molar-refractivity contribution >= 4 is 28.6 Å². The van der Waals surface area contributed by atoms with Crippen molar-refractivity contribution < 1.29 is 14.3 Å². The molecule has 6 heteroatoms. The lowest BCUT2D eigenvalue weighted by molar-refractivity contribution is -0.123. The van der Waals surface area contributed by atoms with Crippen molar-refractivity contribution in [3.8, 4) is 0 Å². The summed E-state index contributed by atoms with van der Waals surface area (Å²) in [7, 11) is 0. The molecule has 1 amide bonds. The van der Waals surface area contributed by atoms with Crippen LogP contribution in [0, 0.1) is 13.8 Å². The van der Waals surface area contributed by atoms with Gasteiger partial charge in [0.2, 0.25) is 0 Å². The third-order valence-corrected chi connectivity index (χ3v) is 4.23. The number of hydrogen-bond acceptors (Lipinski definition) is 5. The molecule has 0 spiro atoms. The van der Waals surface area contributed by atoms with E-state index in [1.807, 2.05) is 32.0 Å². The van der Waals surface area contributed by atoms with Gasteiger partial charge in [-0.2, -0.15) is 0 Å². The molecule has 0 aliphatic rings. The van der Waals surface area contributed by atoms with Crippen LogP contribution in [-0.2, 0) is 9.53 Å². The Morgan fingerprint density at radius 3 is 2.58 bits per heavy atom. The van der Waals surface area contributed by atoms with Gasteiger partial charge in [-0.05, 0) is 50.1 Å². The fraction of sp³-hybridized carbons (Fsp3) is 0.200. The standard InChI is InChI=1S/C20H19N3O3/c1-12-6-4-8-16(13(12)2)23-19(24)14(3)26-20(25)15-7-5-9-17-18(15)22-11-10-21-17/h4-11,14H,1-3H3,(H,23,24). The third kappa shape index (κ3) is 3.54. The van der Waals surface area contributed by atoms with Crippen molar-refractivity contribution in [3.05, 3.63) is 65.5 Å². The van der Waals surface area contributed by atoms with Gasteiger partial charge < -0.3 is 10.1 Å². The molecule has 1 atom stereocenters. The summed E-state index contributed by atoms with van der Waals surface area (Å²) < 4.78 is 5.33. The van der Waals surface area contributed by atoms with Crippen molar-refractivity contribution in [1.82, 2.24) is 9.97 Å². The number of aryl methyl sites for hydroxylation is 1. The number of anilines is 1. The quantitative estimate of drug-likeness (QED) is 0.730. The lowest BCUT2D eigenvalue weighted by Gasteiger charge is -2.15. The number of amides is 1. The van der Waals surface area contributed by atoms with E-state index in [1.165, 1.54) is 13.1 Å². The minimum Gasteiger partial charge on any atom is -0.449 e. The Kier molecular flexibility index (Phi) is 4.93. The van der Waals surface area contributed by atoms with Gasteiger partial charge in [-0.15, -0.1) is 0 Å². The smallest absolute Gasteiger partial charge is 0.341 e. The van der Waals surface area contributed by atoms with Crippen LogP contribution < -0.4 is 5.32 Å². The number of carbonyl (C=O) groups is 2. The maximum atomic E-state index is 12.5. The van der Waals surface area contributed by atoms with Crippen molar-refractivity contribution in [2.24, 2.45) is 0 Å². The van der Waals surface area contributed by atoms with E-state index in [-0.39, 0.29) is 5.56 Å². The minimum atomic E-state index is -0.950. The van der Waals surface area contributed by atoms with E-state index in [0.29, 0.717) is 16.7 Å². The molecule has 0 aliphatic carbocycles. The number of nitrogens with zero attached hydrogens (tertiary/aromatic N) is 2. The molecule has 0 saturated heterocycles. The number of aromatic nitrogens is 2. The van der Waals surface area contributed by atoms with Gasteiger partial charge in [0, 0.05) is 18.1 Å². The average molecular weight is 349 g/mol. The molecular weight excluding hydrogens is 330 g/mol. The van der Waals surface area contributed by atoms with E-state index in [1.54, 1.807) is 24.4 Å². The van der Waals surface area contributed by atoms with Crippen molar-refractivity contribution in [1.29, 1.82) is 0 Å². The fourth-order valence-electron chi connectivity index (χ4n) is 2.56. The summed E-state index contributed by atoms with van der Waals surface area (Å²) in [6.45, 7) is 5.43. The Labute approximate surface area is 151 Å². The van der Waals surface area contributed by atoms with E-state index in [2.05, 4.69) is 15.3 Å². The number of nitrogens with one attached hydrogen (secondary N) is 1. The molecule has 132 valence electrons. The molecule has 1 aromatic heterocycles. The number of carbonyl (C=O) groups excluding carboxylic acids is 2. The van der Waals surface area contributed by atoms with E-state index in [0.717, 1.165) is 11.1 Å². The van der Waals surface area contributed by atoms with Gasteiger partial charge in [0.05, 0.1) is 11.1 Å². The summed E-state index contributed by atoms with van der Waals surface area (Å²) in [5, 5.41) is 2.80. The highest BCUT2D eigenvalue weighted by Gasteiger charge is 2.21. The molecule has 0 radical (unpaired) electrons. The highest BCUT2D eigenvalue weighted by Crippen LogP contribution is 2.19. The number of ether oxygens (including phenoxy) is 1. The molecule has 0 fully saturated rings. The first kappa shape index (κ1) is 17.5. The number of fused-ring (bicyclic) bond motifs is 1. The summed E-state index contributed by atoms with van der Waals surface area (Å²) in [5.74, 6) is -1.00. The molecule has 0 aliphatic heterocycles. The predicted molar refractivity (Wildman–Crippen MR) is 99.0 cm³/mol. The van der Waals surface area contributed by atoms with Gasteiger partial charge >= 0.3 is 5.97 Å². The Morgan fingerprint density at radius 2 is 1.77 bits per heavy atom. The number of hydrogen-bond donors (Lipinski definition) is 1. The number of esters is 1. The Balaban J connectivity index is 1.74. The van der Waals surface area contributed by atoms with Crippen LogP contribution in [-0.4, -0.2) is 27.9 Å². The zero-order valence-electron chi connectivity index (χ0n) is 14.8. The van der Waals surface area contributed by atoms with Crippen molar-refractivity contribution in [3.63, 3.8) is 0 Å². The summed E-state index contributed by atoms with van der Waals surface area (Å²) in [4.78, 5) is 33.2. The van der Waals surface area contributed by atoms with Crippen LogP contribution in [0.4, 0.5) is 5.69 Å². The average Bonchev–Trinajstić information content (AvgIpc) is 2.64. The van der Waals surface area contributed by atoms with Gasteiger partial charge in [-0.1, -0.05) is 18.2 Å². The molecule has 1 heterocycles. The van der Waals surface area contributed by atoms with Gasteiger partial charge in [0.25, 0.3) is 5.91 Å². The monoisotopic (exact) mass is 349 g/mol. The van der Waals surface area contributed by atoms with E-state index in [4.69, 9.17) is 4.74 Å². The Bertz CT molecular complexity index is 980. The zero-order chi connectivity index (χ0) is 18.7. The molecule has 6 nitrogen and oxygen atoms in total. The molecule has 3 aromatic rings. The highest BCUT2D eigenvalue weighted by molar-refractivity contribution is 6.03. The van der Waals surface area contributed by atoms with E-state index in [9.17, 15) is 9.59 Å². The molecular formula is C20H19N3O3. The van der Waals surface area contributed by atoms with E-state index < -0.39 is 18.0 Å². The lowest BCUT2D eigenvalue weighted by atomic mass is 10.1. The van der Waals surface area contributed by atoms with Crippen LogP contribution in [0.2, 0.25) is 0 Å². The maximum Gasteiger partial charge on any atom is 0.341 e. The molecule has 3 rings (SSSR count). The number of rotatable bonds is 4. The van der Waals surface area contributed by atoms with Crippen LogP contribution in [0.3, 0.4) is 0 Å². The second-order valence-corrected chi connectivity index (χ2v) is 6.01. The fourth-order valence-corrected chi connectivity index (χ4v) is 2.56. The summed E-state index contributed by atoms with van der Waals surface area (Å²) in [6, 6.07) is 10.7. The summed E-state index contributed by atoms with van der Waals surface area (Å²) in [5.41, 5.74) is 4.07. The van der Waals surface area contributed by atoms with Crippen LogP contribution in [0.25, 0.3) is 11.0 Å². The van der Waals surface area contributed by atoms with E-state index >= 15 is 0 Å². The molecule has 26 heavy (non-hydrogen) atoms. The van der Waals surface area contributed by atoms with Crippen molar-refractivity contribution in [2.45, 2.75) is 26.9 Å². The first-order valence-electron chi connectivity index (χ1n) is 8.25. The van der Waals surface area contributed by atoms with Crippen LogP contribution in [0.15, 0.2) is 48.8 Å². The molecule has 1 unspecified atom stereocenters. The zero-order valence-corrected chi connectivity index (χ0v) is 14.8. The topological polar surface area (TPSA) is 81.2 Å².